The topological polar surface area (TPSA) is 18.5 Å². The van der Waals surface area contributed by atoms with Crippen LogP contribution in [0.2, 0.25) is 0 Å². The second-order valence-corrected chi connectivity index (χ2v) is 4.88. The van der Waals surface area contributed by atoms with Crippen molar-refractivity contribution in [2.75, 3.05) is 6.79 Å². The maximum Gasteiger partial charge on any atom is 0.231 e. The summed E-state index contributed by atoms with van der Waals surface area (Å²) in [5, 5.41) is 0. The lowest BCUT2D eigenvalue weighted by Gasteiger charge is -1.97. The molecule has 2 aromatic carbocycles. The Morgan fingerprint density at radius 1 is 0.800 bits per heavy atom. The maximum absolute atomic E-state index is 5.22. The van der Waals surface area contributed by atoms with Gasteiger partial charge in [0.25, 0.3) is 0 Å². The first-order valence-electron chi connectivity index (χ1n) is 7.17. The van der Waals surface area contributed by atoms with Crippen molar-refractivity contribution in [1.29, 1.82) is 0 Å². The Balaban J connectivity index is 0.000000151. The van der Waals surface area contributed by atoms with Gasteiger partial charge >= 0.3 is 0 Å². The largest absolute Gasteiger partial charge is 0.454 e. The van der Waals surface area contributed by atoms with Crippen LogP contribution in [0.4, 0.5) is 0 Å². The van der Waals surface area contributed by atoms with Gasteiger partial charge < -0.3 is 9.47 Å². The molecule has 20 heavy (non-hydrogen) atoms. The first-order chi connectivity index (χ1) is 9.72. The first-order valence-corrected chi connectivity index (χ1v) is 7.17. The molecule has 2 aromatic rings. The summed E-state index contributed by atoms with van der Waals surface area (Å²) in [6, 6.07) is 14.7. The van der Waals surface area contributed by atoms with Crippen LogP contribution in [-0.2, 0) is 12.8 Å². The van der Waals surface area contributed by atoms with E-state index in [2.05, 4.69) is 51.1 Å². The van der Waals surface area contributed by atoms with Crippen LogP contribution in [-0.4, -0.2) is 6.79 Å². The fraction of sp³-hybridized carbons (Fsp3) is 0.333. The van der Waals surface area contributed by atoms with E-state index in [1.807, 2.05) is 12.1 Å². The van der Waals surface area contributed by atoms with Crippen molar-refractivity contribution in [2.45, 2.75) is 33.6 Å². The van der Waals surface area contributed by atoms with E-state index in [0.29, 0.717) is 6.79 Å². The van der Waals surface area contributed by atoms with E-state index in [-0.39, 0.29) is 0 Å². The molecule has 106 valence electrons. The highest BCUT2D eigenvalue weighted by molar-refractivity contribution is 5.44. The van der Waals surface area contributed by atoms with Crippen molar-refractivity contribution in [3.05, 3.63) is 59.2 Å². The van der Waals surface area contributed by atoms with Crippen LogP contribution in [0.15, 0.2) is 42.5 Å². The molecule has 0 fully saturated rings. The number of rotatable bonds is 2. The van der Waals surface area contributed by atoms with Crippen molar-refractivity contribution in [3.8, 4) is 11.5 Å². The van der Waals surface area contributed by atoms with Crippen molar-refractivity contribution >= 4 is 0 Å². The molecule has 0 radical (unpaired) electrons. The second kappa shape index (κ2) is 6.99. The first kappa shape index (κ1) is 14.4. The number of ether oxygens (including phenoxy) is 2. The lowest BCUT2D eigenvalue weighted by Crippen LogP contribution is -1.92. The molecule has 0 saturated carbocycles. The third-order valence-electron chi connectivity index (χ3n) is 3.37. The Hall–Kier alpha value is -1.96. The monoisotopic (exact) mass is 270 g/mol. The Morgan fingerprint density at radius 3 is 2.05 bits per heavy atom. The zero-order chi connectivity index (χ0) is 14.4. The molecule has 1 aliphatic rings. The molecule has 0 N–H and O–H groups in total. The smallest absolute Gasteiger partial charge is 0.231 e. The zero-order valence-electron chi connectivity index (χ0n) is 12.5. The highest BCUT2D eigenvalue weighted by Gasteiger charge is 2.11. The second-order valence-electron chi connectivity index (χ2n) is 4.88. The normalized spacial score (nSPS) is 11.8. The van der Waals surface area contributed by atoms with Crippen LogP contribution in [0.25, 0.3) is 0 Å². The molecular formula is C18H22O2. The summed E-state index contributed by atoms with van der Waals surface area (Å²) in [5.74, 6) is 1.74. The van der Waals surface area contributed by atoms with E-state index in [1.54, 1.807) is 0 Å². The van der Waals surface area contributed by atoms with Gasteiger partial charge in [-0.1, -0.05) is 49.7 Å². The molecule has 2 heteroatoms. The average molecular weight is 270 g/mol. The molecule has 2 nitrogen and oxygen atoms in total. The molecule has 1 heterocycles. The Morgan fingerprint density at radius 2 is 1.40 bits per heavy atom. The van der Waals surface area contributed by atoms with Crippen LogP contribution in [0.5, 0.6) is 11.5 Å². The summed E-state index contributed by atoms with van der Waals surface area (Å²) in [5.41, 5.74) is 4.04. The molecule has 1 aliphatic heterocycles. The van der Waals surface area contributed by atoms with E-state index < -0.39 is 0 Å². The van der Waals surface area contributed by atoms with Gasteiger partial charge in [0, 0.05) is 0 Å². The van der Waals surface area contributed by atoms with E-state index in [4.69, 9.17) is 9.47 Å². The maximum atomic E-state index is 5.22. The minimum atomic E-state index is 0.364. The number of aryl methyl sites for hydroxylation is 3. The van der Waals surface area contributed by atoms with Gasteiger partial charge in [-0.15, -0.1) is 0 Å². The Labute approximate surface area is 121 Å². The minimum Gasteiger partial charge on any atom is -0.454 e. The van der Waals surface area contributed by atoms with E-state index in [9.17, 15) is 0 Å². The van der Waals surface area contributed by atoms with Crippen molar-refractivity contribution in [2.24, 2.45) is 0 Å². The molecule has 0 unspecified atom stereocenters. The molecule has 0 atom stereocenters. The molecule has 0 saturated heterocycles. The number of benzene rings is 2. The Kier molecular flexibility index (Phi) is 5.05. The fourth-order valence-corrected chi connectivity index (χ4v) is 1.98. The van der Waals surface area contributed by atoms with E-state index >= 15 is 0 Å². The summed E-state index contributed by atoms with van der Waals surface area (Å²) < 4.78 is 10.4. The molecule has 0 aliphatic carbocycles. The van der Waals surface area contributed by atoms with Crippen LogP contribution >= 0.6 is 0 Å². The standard InChI is InChI=1S/C9H10O2.C9H12/c1-2-7-3-4-8-9(5-7)11-6-10-8;1-3-9-6-4-8(2)5-7-9/h3-5H,2,6H2,1H3;4-7H,3H2,1-2H3. The van der Waals surface area contributed by atoms with Gasteiger partial charge in [-0.3, -0.25) is 0 Å². The molecule has 0 bridgehead atoms. The lowest BCUT2D eigenvalue weighted by atomic mass is 10.1. The Bertz CT molecular complexity index is 544. The van der Waals surface area contributed by atoms with E-state index in [1.165, 1.54) is 16.7 Å². The van der Waals surface area contributed by atoms with E-state index in [0.717, 1.165) is 24.3 Å². The van der Waals surface area contributed by atoms with Crippen molar-refractivity contribution in [3.63, 3.8) is 0 Å². The fourth-order valence-electron chi connectivity index (χ4n) is 1.98. The molecule has 0 amide bonds. The average Bonchev–Trinajstić information content (AvgIpc) is 2.96. The van der Waals surface area contributed by atoms with Gasteiger partial charge in [0.15, 0.2) is 11.5 Å². The molecular weight excluding hydrogens is 248 g/mol. The predicted octanol–water partition coefficient (Wildman–Crippen LogP) is 4.54. The molecule has 3 rings (SSSR count). The number of hydrogen-bond acceptors (Lipinski definition) is 2. The van der Waals surface area contributed by atoms with Gasteiger partial charge in [0.2, 0.25) is 6.79 Å². The quantitative estimate of drug-likeness (QED) is 0.798. The number of fused-ring (bicyclic) bond motifs is 1. The van der Waals surface area contributed by atoms with Crippen LogP contribution < -0.4 is 9.47 Å². The lowest BCUT2D eigenvalue weighted by molar-refractivity contribution is 0.174. The van der Waals surface area contributed by atoms with Crippen molar-refractivity contribution in [1.82, 2.24) is 0 Å². The third kappa shape index (κ3) is 3.77. The van der Waals surface area contributed by atoms with Gasteiger partial charge in [-0.25, -0.2) is 0 Å². The van der Waals surface area contributed by atoms with Crippen LogP contribution in [0.1, 0.15) is 30.5 Å². The summed E-state index contributed by atoms with van der Waals surface area (Å²) in [4.78, 5) is 0. The van der Waals surface area contributed by atoms with Gasteiger partial charge in [0.05, 0.1) is 0 Å². The summed E-state index contributed by atoms with van der Waals surface area (Å²) in [7, 11) is 0. The summed E-state index contributed by atoms with van der Waals surface area (Å²) >= 11 is 0. The molecule has 0 aromatic heterocycles. The van der Waals surface area contributed by atoms with Crippen LogP contribution in [0, 0.1) is 6.92 Å². The number of hydrogen-bond donors (Lipinski definition) is 0. The van der Waals surface area contributed by atoms with Gasteiger partial charge in [-0.2, -0.15) is 0 Å². The van der Waals surface area contributed by atoms with Gasteiger partial charge in [-0.05, 0) is 43.0 Å². The van der Waals surface area contributed by atoms with Crippen molar-refractivity contribution < 1.29 is 9.47 Å². The third-order valence-corrected chi connectivity index (χ3v) is 3.37. The predicted molar refractivity (Wildman–Crippen MR) is 82.5 cm³/mol. The zero-order valence-corrected chi connectivity index (χ0v) is 12.5. The molecule has 0 spiro atoms. The highest BCUT2D eigenvalue weighted by Crippen LogP contribution is 2.32. The summed E-state index contributed by atoms with van der Waals surface area (Å²) in [6.07, 6.45) is 2.18. The summed E-state index contributed by atoms with van der Waals surface area (Å²) in [6.45, 7) is 6.77. The SMILES string of the molecule is CCc1ccc(C)cc1.CCc1ccc2c(c1)OCO2. The van der Waals surface area contributed by atoms with Crippen LogP contribution in [0.3, 0.4) is 0 Å². The minimum absolute atomic E-state index is 0.364. The van der Waals surface area contributed by atoms with Gasteiger partial charge in [0.1, 0.15) is 0 Å². The highest BCUT2D eigenvalue weighted by atomic mass is 16.7.